The maximum absolute atomic E-state index is 2.65. The van der Waals surface area contributed by atoms with Crippen LogP contribution in [0.2, 0.25) is 0 Å². The zero-order valence-corrected chi connectivity index (χ0v) is 52.3. The first-order valence-electron chi connectivity index (χ1n) is 33.2. The van der Waals surface area contributed by atoms with Crippen LogP contribution in [-0.2, 0) is 0 Å². The lowest BCUT2D eigenvalue weighted by Gasteiger charge is -2.45. The van der Waals surface area contributed by atoms with E-state index < -0.39 is 0 Å². The molecule has 0 N–H and O–H groups in total. The van der Waals surface area contributed by atoms with E-state index in [1.54, 1.807) is 0 Å². The van der Waals surface area contributed by atoms with Gasteiger partial charge in [-0.3, -0.25) is 0 Å². The van der Waals surface area contributed by atoms with Crippen LogP contribution in [0.1, 0.15) is 0 Å². The number of aromatic nitrogens is 2. The molecule has 5 heterocycles. The van der Waals surface area contributed by atoms with Gasteiger partial charge in [0.05, 0.1) is 50.3 Å². The number of hydrogen-bond donors (Lipinski definition) is 0. The largest absolute Gasteiger partial charge is 0.311 e. The summed E-state index contributed by atoms with van der Waals surface area (Å²) in [4.78, 5) is 7.75. The molecule has 20 rings (SSSR count). The number of rotatable bonds is 10. The average Bonchev–Trinajstić information content (AvgIpc) is 1.11. The molecule has 6 heteroatoms. The lowest BCUT2D eigenvalue weighted by Crippen LogP contribution is -2.61. The van der Waals surface area contributed by atoms with Gasteiger partial charge < -0.3 is 23.7 Å². The van der Waals surface area contributed by atoms with E-state index in [9.17, 15) is 0 Å². The third kappa shape index (κ3) is 8.19. The standard InChI is InChI=1S/C90H58BN5/c1-5-24-59(25-6-1)62-44-49-66(50-45-62)92(67-51-46-63(47-52-67)60-26-7-2-8-27-60)68-55-87-89-88(56-68)95(84-43-22-21-42-83(84)93-79-39-18-14-33-70(79)71-34-15-19-40-80(71)93)86-58-85-75(74-37-23-36-73-72-35-16-20-41-81(72)96(85)90(73)74)57-77(86)91(89)76-54-65(61-28-9-3-10-29-61)48-53-82(76)94(87)78-38-17-13-32-69(78)64-30-11-4-12-31-64/h1-58H. The summed E-state index contributed by atoms with van der Waals surface area (Å²) in [5.41, 5.74) is 29.7. The normalized spacial score (nSPS) is 12.5. The summed E-state index contributed by atoms with van der Waals surface area (Å²) in [7, 11) is 0. The molecule has 0 fully saturated rings. The molecule has 96 heavy (non-hydrogen) atoms. The second-order valence-electron chi connectivity index (χ2n) is 25.5. The third-order valence-electron chi connectivity index (χ3n) is 20.4. The number of anilines is 9. The van der Waals surface area contributed by atoms with E-state index in [0.29, 0.717) is 0 Å². The molecule has 0 unspecified atom stereocenters. The van der Waals surface area contributed by atoms with Crippen molar-refractivity contribution in [2.75, 3.05) is 14.7 Å². The lowest BCUT2D eigenvalue weighted by molar-refractivity contribution is 1.15. The monoisotopic (exact) mass is 1220 g/mol. The first kappa shape index (κ1) is 54.0. The zero-order chi connectivity index (χ0) is 63.0. The van der Waals surface area contributed by atoms with Crippen LogP contribution < -0.4 is 31.1 Å². The molecule has 18 aromatic rings. The molecule has 5 nitrogen and oxygen atoms in total. The second-order valence-corrected chi connectivity index (χ2v) is 25.5. The molecule has 2 aliphatic rings. The molecule has 0 saturated carbocycles. The number of para-hydroxylation sites is 7. The third-order valence-corrected chi connectivity index (χ3v) is 20.4. The predicted octanol–water partition coefficient (Wildman–Crippen LogP) is 22.2. The molecule has 2 aliphatic heterocycles. The summed E-state index contributed by atoms with van der Waals surface area (Å²) in [6.07, 6.45) is 0. The molecule has 0 atom stereocenters. The van der Waals surface area contributed by atoms with E-state index in [1.165, 1.54) is 87.5 Å². The highest BCUT2D eigenvalue weighted by molar-refractivity contribution is 7.00. The maximum atomic E-state index is 2.65. The van der Waals surface area contributed by atoms with Gasteiger partial charge in [0.25, 0.3) is 6.71 Å². The van der Waals surface area contributed by atoms with Gasteiger partial charge >= 0.3 is 0 Å². The van der Waals surface area contributed by atoms with Gasteiger partial charge in [-0.1, -0.05) is 267 Å². The van der Waals surface area contributed by atoms with E-state index in [4.69, 9.17) is 0 Å². The van der Waals surface area contributed by atoms with Crippen molar-refractivity contribution in [1.29, 1.82) is 0 Å². The van der Waals surface area contributed by atoms with Gasteiger partial charge in [0, 0.05) is 72.0 Å². The van der Waals surface area contributed by atoms with Crippen molar-refractivity contribution in [2.45, 2.75) is 0 Å². The van der Waals surface area contributed by atoms with Crippen LogP contribution >= 0.6 is 0 Å². The Bertz CT molecular complexity index is 5940. The summed E-state index contributed by atoms with van der Waals surface area (Å²) in [6, 6.07) is 131. The first-order valence-corrected chi connectivity index (χ1v) is 33.2. The molecule has 0 amide bonds. The molecule has 15 aromatic carbocycles. The summed E-state index contributed by atoms with van der Waals surface area (Å²) < 4.78 is 5.06. The molecular formula is C90H58BN5. The number of fused-ring (bicyclic) bond motifs is 13. The van der Waals surface area contributed by atoms with Crippen molar-refractivity contribution in [3.63, 3.8) is 0 Å². The Kier molecular flexibility index (Phi) is 12.1. The molecule has 0 bridgehead atoms. The van der Waals surface area contributed by atoms with Gasteiger partial charge in [-0.05, 0) is 140 Å². The predicted molar refractivity (Wildman–Crippen MR) is 406 cm³/mol. The quantitative estimate of drug-likeness (QED) is 0.127. The highest BCUT2D eigenvalue weighted by atomic mass is 15.2. The van der Waals surface area contributed by atoms with Gasteiger partial charge in [0.1, 0.15) is 0 Å². The summed E-state index contributed by atoms with van der Waals surface area (Å²) in [6.45, 7) is -0.237. The van der Waals surface area contributed by atoms with E-state index in [1.807, 2.05) is 0 Å². The van der Waals surface area contributed by atoms with Crippen LogP contribution in [0.3, 0.4) is 0 Å². The van der Waals surface area contributed by atoms with Crippen molar-refractivity contribution >= 4 is 134 Å². The molecule has 3 aromatic heterocycles. The summed E-state index contributed by atoms with van der Waals surface area (Å²) in [5, 5.41) is 7.43. The smallest absolute Gasteiger partial charge is 0.252 e. The Morgan fingerprint density at radius 1 is 0.229 bits per heavy atom. The second kappa shape index (κ2) is 21.5. The molecule has 446 valence electrons. The van der Waals surface area contributed by atoms with E-state index in [2.05, 4.69) is 376 Å². The number of hydrogen-bond acceptors (Lipinski definition) is 3. The van der Waals surface area contributed by atoms with E-state index >= 15 is 0 Å². The SMILES string of the molecule is c1ccc(-c2ccc(N(c3ccc(-c4ccccc4)cc3)c3cc4c5c(c3)N(c3ccccc3-n3c6ccccc6c6ccccc63)c3cc6c(cc3B5c3cc(-c5ccccc5)ccc3N4c3ccccc3-c3ccccc3)c3cccc4c5ccccc5n6c43)cc2)cc1. The fraction of sp³-hybridized carbons (Fsp3) is 0. The minimum absolute atomic E-state index is 0.237. The van der Waals surface area contributed by atoms with Crippen LogP contribution in [0, 0.1) is 0 Å². The molecule has 0 saturated heterocycles. The van der Waals surface area contributed by atoms with Gasteiger partial charge in [-0.15, -0.1) is 0 Å². The Balaban J connectivity index is 0.948. The van der Waals surface area contributed by atoms with Crippen LogP contribution in [0.4, 0.5) is 51.2 Å². The lowest BCUT2D eigenvalue weighted by atomic mass is 9.33. The fourth-order valence-corrected chi connectivity index (χ4v) is 16.2. The highest BCUT2D eigenvalue weighted by Crippen LogP contribution is 2.53. The Labute approximate surface area is 556 Å². The van der Waals surface area contributed by atoms with E-state index in [0.717, 1.165) is 90.2 Å². The summed E-state index contributed by atoms with van der Waals surface area (Å²) >= 11 is 0. The molecule has 0 spiro atoms. The van der Waals surface area contributed by atoms with Crippen molar-refractivity contribution in [1.82, 2.24) is 8.97 Å². The highest BCUT2D eigenvalue weighted by Gasteiger charge is 2.46. The Morgan fingerprint density at radius 2 is 0.656 bits per heavy atom. The van der Waals surface area contributed by atoms with Crippen LogP contribution in [0.25, 0.3) is 110 Å². The van der Waals surface area contributed by atoms with Crippen LogP contribution in [-0.4, -0.2) is 15.7 Å². The van der Waals surface area contributed by atoms with Gasteiger partial charge in [-0.25, -0.2) is 0 Å². The van der Waals surface area contributed by atoms with Crippen LogP contribution in [0.15, 0.2) is 352 Å². The van der Waals surface area contributed by atoms with Gasteiger partial charge in [0.2, 0.25) is 0 Å². The van der Waals surface area contributed by atoms with Crippen LogP contribution in [0.5, 0.6) is 0 Å². The zero-order valence-electron chi connectivity index (χ0n) is 52.3. The van der Waals surface area contributed by atoms with Crippen molar-refractivity contribution in [3.8, 4) is 50.2 Å². The molecule has 0 aliphatic carbocycles. The number of nitrogens with zero attached hydrogens (tertiary/aromatic N) is 5. The van der Waals surface area contributed by atoms with Crippen molar-refractivity contribution in [2.24, 2.45) is 0 Å². The van der Waals surface area contributed by atoms with Crippen molar-refractivity contribution in [3.05, 3.63) is 352 Å². The maximum Gasteiger partial charge on any atom is 0.252 e. The number of benzene rings is 15. The first-order chi connectivity index (χ1) is 47.7. The van der Waals surface area contributed by atoms with E-state index in [-0.39, 0.29) is 6.71 Å². The molecule has 0 radical (unpaired) electrons. The van der Waals surface area contributed by atoms with Crippen molar-refractivity contribution < 1.29 is 0 Å². The van der Waals surface area contributed by atoms with Gasteiger partial charge in [-0.2, -0.15) is 0 Å². The Morgan fingerprint density at radius 3 is 1.25 bits per heavy atom. The topological polar surface area (TPSA) is 19.1 Å². The Hall–Kier alpha value is -12.6. The average molecular weight is 1220 g/mol. The fourth-order valence-electron chi connectivity index (χ4n) is 16.2. The minimum atomic E-state index is -0.237. The van der Waals surface area contributed by atoms with Gasteiger partial charge in [0.15, 0.2) is 0 Å². The minimum Gasteiger partial charge on any atom is -0.311 e. The molecular weight excluding hydrogens is 1160 g/mol. The summed E-state index contributed by atoms with van der Waals surface area (Å²) in [5.74, 6) is 0.